The van der Waals surface area contributed by atoms with Gasteiger partial charge in [0.05, 0.1) is 20.1 Å². The Labute approximate surface area is 219 Å². The lowest BCUT2D eigenvalue weighted by molar-refractivity contribution is -0.910. The Morgan fingerprint density at radius 2 is 2.08 bits per heavy atom. The molecule has 1 aliphatic carbocycles. The molecule has 0 spiro atoms. The number of carboxylic acids is 1. The van der Waals surface area contributed by atoms with Crippen LogP contribution in [0.5, 0.6) is 0 Å². The van der Waals surface area contributed by atoms with Crippen LogP contribution in [0.25, 0.3) is 0 Å². The van der Waals surface area contributed by atoms with E-state index in [0.717, 1.165) is 31.0 Å². The number of fused-ring (bicyclic) bond motifs is 2. The summed E-state index contributed by atoms with van der Waals surface area (Å²) >= 11 is 2.18. The number of oxime groups is 1. The number of nitrogens with zero attached hydrogens (tertiary/aromatic N) is 5. The minimum absolute atomic E-state index is 0.0209. The maximum absolute atomic E-state index is 13.0. The van der Waals surface area contributed by atoms with Gasteiger partial charge in [0.1, 0.15) is 23.7 Å². The summed E-state index contributed by atoms with van der Waals surface area (Å²) in [4.78, 5) is 55.1. The minimum atomic E-state index is -1.20. The lowest BCUT2D eigenvalue weighted by Crippen LogP contribution is -2.71. The van der Waals surface area contributed by atoms with E-state index in [1.165, 1.54) is 16.7 Å². The Kier molecular flexibility index (Phi) is 6.35. The standard InChI is InChI=1S/C21H26N8O6S2/c1-23-16(30)11-9-3-4-29(2,6-10(9)11)5-8-7-36-19-13(18(32)28(19)14(8)20(33)34)24-17(31)12(26-35)15-25-21(22)37-27-15/h9-11,13,19H,3-7H2,1-2H3,(H5-,22,23,24,25,27,30,31,33,34,35)/p+1/t9?,10?,11?,13-,19+,29?/m1/s1. The minimum Gasteiger partial charge on any atom is -0.477 e. The Balaban J connectivity index is 1.29. The van der Waals surface area contributed by atoms with Crippen LogP contribution in [0.15, 0.2) is 16.4 Å². The molecule has 198 valence electrons. The van der Waals surface area contributed by atoms with Crippen LogP contribution in [0.4, 0.5) is 5.13 Å². The van der Waals surface area contributed by atoms with Gasteiger partial charge in [0.25, 0.3) is 11.8 Å². The van der Waals surface area contributed by atoms with Gasteiger partial charge >= 0.3 is 5.97 Å². The van der Waals surface area contributed by atoms with E-state index in [9.17, 15) is 29.5 Å². The lowest BCUT2D eigenvalue weighted by Gasteiger charge is -2.50. The summed E-state index contributed by atoms with van der Waals surface area (Å²) in [5, 5.41) is 26.9. The number of aromatic nitrogens is 2. The first-order valence-corrected chi connectivity index (χ1v) is 13.5. The summed E-state index contributed by atoms with van der Waals surface area (Å²) in [7, 11) is 3.71. The van der Waals surface area contributed by atoms with Crippen LogP contribution >= 0.6 is 23.3 Å². The maximum Gasteiger partial charge on any atom is 0.352 e. The van der Waals surface area contributed by atoms with Crippen LogP contribution in [0.3, 0.4) is 0 Å². The largest absolute Gasteiger partial charge is 0.477 e. The third-order valence-electron chi connectivity index (χ3n) is 7.61. The highest BCUT2D eigenvalue weighted by Crippen LogP contribution is 2.53. The summed E-state index contributed by atoms with van der Waals surface area (Å²) in [6.07, 6.45) is 0.899. The van der Waals surface area contributed by atoms with Gasteiger partial charge < -0.3 is 31.2 Å². The van der Waals surface area contributed by atoms with E-state index in [2.05, 4.69) is 32.2 Å². The molecule has 1 saturated carbocycles. The van der Waals surface area contributed by atoms with Crippen molar-refractivity contribution in [2.45, 2.75) is 17.8 Å². The number of carbonyl (C=O) groups excluding carboxylic acids is 3. The van der Waals surface area contributed by atoms with Gasteiger partial charge in [0, 0.05) is 48.2 Å². The van der Waals surface area contributed by atoms with Gasteiger partial charge in [0.2, 0.25) is 17.4 Å². The average molecular weight is 552 g/mol. The number of rotatable bonds is 7. The fourth-order valence-electron chi connectivity index (χ4n) is 5.85. The number of quaternary nitrogens is 1. The molecule has 0 bridgehead atoms. The van der Waals surface area contributed by atoms with E-state index in [0.29, 0.717) is 28.3 Å². The summed E-state index contributed by atoms with van der Waals surface area (Å²) in [5.74, 6) is -1.68. The zero-order valence-corrected chi connectivity index (χ0v) is 21.7. The van der Waals surface area contributed by atoms with E-state index in [-0.39, 0.29) is 34.4 Å². The molecular formula is C21H27N8O6S2+. The van der Waals surface area contributed by atoms with Crippen molar-refractivity contribution in [3.8, 4) is 0 Å². The SMILES string of the molecule is CNC(=O)C1C2CC[N+](C)(CC3=C(C(=O)O)N4C(=O)[C@@H](NC(=O)/C(=N\O)c5nsc(N)n5)[C@@H]4SC3)CC21. The zero-order chi connectivity index (χ0) is 26.6. The highest BCUT2D eigenvalue weighted by molar-refractivity contribution is 8.00. The zero-order valence-electron chi connectivity index (χ0n) is 20.1. The molecule has 6 N–H and O–H groups in total. The molecular weight excluding hydrogens is 524 g/mol. The molecule has 37 heavy (non-hydrogen) atoms. The van der Waals surface area contributed by atoms with Gasteiger partial charge in [-0.2, -0.15) is 9.36 Å². The van der Waals surface area contributed by atoms with Crippen molar-refractivity contribution in [2.75, 3.05) is 45.2 Å². The Hall–Kier alpha value is -3.24. The predicted octanol–water partition coefficient (Wildman–Crippen LogP) is -1.50. The van der Waals surface area contributed by atoms with Crippen LogP contribution < -0.4 is 16.4 Å². The second kappa shape index (κ2) is 9.25. The molecule has 14 nitrogen and oxygen atoms in total. The molecule has 4 heterocycles. The van der Waals surface area contributed by atoms with Crippen molar-refractivity contribution in [3.05, 3.63) is 17.1 Å². The Bertz CT molecular complexity index is 1250. The number of likely N-dealkylation sites (N-methyl/N-ethyl adjacent to an activating group) is 1. The number of β-lactam (4-membered cyclic amide) rings is 1. The van der Waals surface area contributed by atoms with E-state index in [4.69, 9.17) is 5.73 Å². The average Bonchev–Trinajstić information content (AvgIpc) is 3.40. The molecule has 1 aromatic rings. The molecule has 4 unspecified atom stereocenters. The number of nitrogen functional groups attached to an aromatic ring is 1. The molecule has 5 rings (SSSR count). The second-order valence-electron chi connectivity index (χ2n) is 9.96. The van der Waals surface area contributed by atoms with Crippen LogP contribution in [0.1, 0.15) is 12.2 Å². The number of nitrogens with one attached hydrogen (secondary N) is 2. The number of nitrogens with two attached hydrogens (primary N) is 1. The van der Waals surface area contributed by atoms with Crippen LogP contribution in [-0.4, -0.2) is 109 Å². The van der Waals surface area contributed by atoms with Gasteiger partial charge in [-0.15, -0.1) is 11.8 Å². The number of carboxylic acid groups (broad SMARTS) is 1. The Morgan fingerprint density at radius 3 is 2.70 bits per heavy atom. The van der Waals surface area contributed by atoms with E-state index in [1.54, 1.807) is 7.05 Å². The lowest BCUT2D eigenvalue weighted by atomic mass is 10.0. The fourth-order valence-corrected chi connectivity index (χ4v) is 7.62. The summed E-state index contributed by atoms with van der Waals surface area (Å²) in [6.45, 7) is 2.06. The predicted molar refractivity (Wildman–Crippen MR) is 132 cm³/mol. The van der Waals surface area contributed by atoms with Gasteiger partial charge in [-0.3, -0.25) is 19.3 Å². The summed E-state index contributed by atoms with van der Waals surface area (Å²) < 4.78 is 4.44. The van der Waals surface area contributed by atoms with Gasteiger partial charge in [-0.25, -0.2) is 4.79 Å². The summed E-state index contributed by atoms with van der Waals surface area (Å²) in [5.41, 5.74) is 5.63. The number of aliphatic carboxylic acids is 1. The first-order chi connectivity index (χ1) is 17.6. The topological polar surface area (TPSA) is 200 Å². The number of piperidine rings is 1. The molecule has 6 atom stereocenters. The monoisotopic (exact) mass is 551 g/mol. The number of hydrogen-bond donors (Lipinski definition) is 5. The molecule has 3 fully saturated rings. The second-order valence-corrected chi connectivity index (χ2v) is 11.9. The Morgan fingerprint density at radius 1 is 1.32 bits per heavy atom. The van der Waals surface area contributed by atoms with Crippen molar-refractivity contribution in [3.63, 3.8) is 0 Å². The van der Waals surface area contributed by atoms with Crippen LogP contribution in [0.2, 0.25) is 0 Å². The normalized spacial score (nSPS) is 32.7. The fraction of sp³-hybridized carbons (Fsp3) is 0.571. The molecule has 3 aliphatic heterocycles. The molecule has 0 radical (unpaired) electrons. The third kappa shape index (κ3) is 4.31. The van der Waals surface area contributed by atoms with Gasteiger partial charge in [0.15, 0.2) is 5.13 Å². The maximum atomic E-state index is 13.0. The van der Waals surface area contributed by atoms with E-state index >= 15 is 0 Å². The van der Waals surface area contributed by atoms with Crippen LogP contribution in [-0.2, 0) is 19.2 Å². The number of anilines is 1. The highest BCUT2D eigenvalue weighted by atomic mass is 32.2. The molecule has 3 amide bonds. The van der Waals surface area contributed by atoms with Gasteiger partial charge in [-0.1, -0.05) is 5.16 Å². The number of carbonyl (C=O) groups is 4. The third-order valence-corrected chi connectivity index (χ3v) is 9.49. The first kappa shape index (κ1) is 25.4. The molecule has 1 aromatic heterocycles. The quantitative estimate of drug-likeness (QED) is 0.0873. The molecule has 4 aliphatic rings. The highest BCUT2D eigenvalue weighted by Gasteiger charge is 2.61. The molecule has 2 saturated heterocycles. The molecule has 0 aromatic carbocycles. The number of amides is 3. The van der Waals surface area contributed by atoms with Crippen molar-refractivity contribution in [1.29, 1.82) is 0 Å². The molecule has 16 heteroatoms. The van der Waals surface area contributed by atoms with Crippen molar-refractivity contribution >= 4 is 57.8 Å². The number of hydrogen-bond acceptors (Lipinski definition) is 11. The number of likely N-dealkylation sites (tertiary alicyclic amines) is 1. The van der Waals surface area contributed by atoms with Crippen molar-refractivity contribution in [2.24, 2.45) is 22.9 Å². The van der Waals surface area contributed by atoms with E-state index < -0.39 is 34.9 Å². The van der Waals surface area contributed by atoms with E-state index in [1.807, 2.05) is 0 Å². The smallest absolute Gasteiger partial charge is 0.352 e. The summed E-state index contributed by atoms with van der Waals surface area (Å²) in [6, 6.07) is -0.999. The van der Waals surface area contributed by atoms with Crippen molar-refractivity contribution < 1.29 is 34.0 Å². The van der Waals surface area contributed by atoms with Crippen LogP contribution in [0, 0.1) is 17.8 Å². The number of thioether (sulfide) groups is 1. The first-order valence-electron chi connectivity index (χ1n) is 11.7. The van der Waals surface area contributed by atoms with Crippen molar-refractivity contribution in [1.82, 2.24) is 24.9 Å². The van der Waals surface area contributed by atoms with Gasteiger partial charge in [-0.05, 0) is 5.92 Å².